The molecule has 0 unspecified atom stereocenters. The molecule has 1 aromatic carbocycles. The summed E-state index contributed by atoms with van der Waals surface area (Å²) in [4.78, 5) is 11.4. The van der Waals surface area contributed by atoms with E-state index in [1.54, 1.807) is 11.8 Å². The Bertz CT molecular complexity index is 664. The predicted molar refractivity (Wildman–Crippen MR) is 106 cm³/mol. The van der Waals surface area contributed by atoms with Gasteiger partial charge in [0.15, 0.2) is 5.16 Å². The van der Waals surface area contributed by atoms with Crippen molar-refractivity contribution in [2.45, 2.75) is 43.9 Å². The molecule has 3 N–H and O–H groups in total. The van der Waals surface area contributed by atoms with Gasteiger partial charge in [0.05, 0.1) is 0 Å². The van der Waals surface area contributed by atoms with E-state index in [2.05, 4.69) is 57.4 Å². The van der Waals surface area contributed by atoms with Gasteiger partial charge in [0, 0.05) is 37.5 Å². The van der Waals surface area contributed by atoms with Crippen molar-refractivity contribution >= 4 is 23.4 Å². The third-order valence-electron chi connectivity index (χ3n) is 4.33. The molecule has 5 nitrogen and oxygen atoms in total. The van der Waals surface area contributed by atoms with E-state index in [0.717, 1.165) is 42.8 Å². The van der Waals surface area contributed by atoms with E-state index in [0.29, 0.717) is 11.9 Å². The van der Waals surface area contributed by atoms with E-state index in [1.165, 1.54) is 18.4 Å². The number of nitrogens with one attached hydrogen (secondary N) is 1. The minimum atomic E-state index is 0.409. The summed E-state index contributed by atoms with van der Waals surface area (Å²) in [6, 6.07) is 12.9. The van der Waals surface area contributed by atoms with Gasteiger partial charge in [0.2, 0.25) is 0 Å². The van der Waals surface area contributed by atoms with Gasteiger partial charge >= 0.3 is 0 Å². The molecule has 0 aliphatic carbocycles. The smallest absolute Gasteiger partial charge is 0.191 e. The van der Waals surface area contributed by atoms with Crippen molar-refractivity contribution in [3.63, 3.8) is 0 Å². The highest BCUT2D eigenvalue weighted by Crippen LogP contribution is 2.21. The summed E-state index contributed by atoms with van der Waals surface area (Å²) in [5, 5.41) is 4.32. The van der Waals surface area contributed by atoms with Crippen molar-refractivity contribution in [2.24, 2.45) is 0 Å². The lowest BCUT2D eigenvalue weighted by Gasteiger charge is -2.17. The number of aromatic nitrogens is 2. The van der Waals surface area contributed by atoms with E-state index < -0.39 is 0 Å². The first-order valence-corrected chi connectivity index (χ1v) is 10.0. The van der Waals surface area contributed by atoms with Crippen LogP contribution < -0.4 is 11.1 Å². The van der Waals surface area contributed by atoms with Gasteiger partial charge in [-0.1, -0.05) is 55.4 Å². The largest absolute Gasteiger partial charge is 0.383 e. The molecule has 0 amide bonds. The summed E-state index contributed by atoms with van der Waals surface area (Å²) in [6.45, 7) is 5.32. The minimum Gasteiger partial charge on any atom is -0.383 e. The van der Waals surface area contributed by atoms with Crippen molar-refractivity contribution in [2.75, 3.05) is 29.9 Å². The van der Waals surface area contributed by atoms with Crippen LogP contribution in [-0.2, 0) is 6.54 Å². The van der Waals surface area contributed by atoms with Gasteiger partial charge in [0.1, 0.15) is 11.6 Å². The molecular weight excluding hydrogens is 330 g/mol. The number of nitrogens with two attached hydrogens (primary N) is 1. The van der Waals surface area contributed by atoms with Gasteiger partial charge in [-0.05, 0) is 18.4 Å². The van der Waals surface area contributed by atoms with Crippen molar-refractivity contribution in [3.8, 4) is 0 Å². The average Bonchev–Trinajstić information content (AvgIpc) is 3.02. The average molecular weight is 358 g/mol. The molecule has 1 fully saturated rings. The SMILES string of the molecule is CCCCSc1nc(N)cc(N[C@H]2CCN(Cc3ccccc3)C2)n1. The number of benzene rings is 1. The zero-order valence-electron chi connectivity index (χ0n) is 14.8. The Morgan fingerprint density at radius 3 is 2.92 bits per heavy atom. The van der Waals surface area contributed by atoms with Crippen LogP contribution in [0.5, 0.6) is 0 Å². The number of hydrogen-bond acceptors (Lipinski definition) is 6. The zero-order chi connectivity index (χ0) is 17.5. The van der Waals surface area contributed by atoms with Gasteiger partial charge in [-0.15, -0.1) is 0 Å². The lowest BCUT2D eigenvalue weighted by atomic mass is 10.2. The Morgan fingerprint density at radius 1 is 1.28 bits per heavy atom. The molecule has 1 saturated heterocycles. The standard InChI is InChI=1S/C19H27N5S/c1-2-3-11-25-19-22-17(20)12-18(23-19)21-16-9-10-24(14-16)13-15-7-5-4-6-8-15/h4-8,12,16H,2-3,9-11,13-14H2,1H3,(H3,20,21,22,23)/t16-/m0/s1. The molecule has 1 atom stereocenters. The summed E-state index contributed by atoms with van der Waals surface area (Å²) < 4.78 is 0. The molecule has 0 bridgehead atoms. The third kappa shape index (κ3) is 5.61. The van der Waals surface area contributed by atoms with Crippen LogP contribution in [0.2, 0.25) is 0 Å². The van der Waals surface area contributed by atoms with Crippen LogP contribution in [0.15, 0.2) is 41.6 Å². The molecule has 1 aliphatic rings. The highest BCUT2D eigenvalue weighted by molar-refractivity contribution is 7.99. The molecule has 1 aromatic heterocycles. The second-order valence-electron chi connectivity index (χ2n) is 6.51. The van der Waals surface area contributed by atoms with Crippen molar-refractivity contribution in [1.29, 1.82) is 0 Å². The van der Waals surface area contributed by atoms with Gasteiger partial charge in [-0.2, -0.15) is 0 Å². The van der Waals surface area contributed by atoms with Crippen LogP contribution >= 0.6 is 11.8 Å². The normalized spacial score (nSPS) is 17.7. The van der Waals surface area contributed by atoms with Crippen molar-refractivity contribution in [1.82, 2.24) is 14.9 Å². The lowest BCUT2D eigenvalue weighted by Crippen LogP contribution is -2.26. The fourth-order valence-corrected chi connectivity index (χ4v) is 3.98. The van der Waals surface area contributed by atoms with E-state index in [9.17, 15) is 0 Å². The van der Waals surface area contributed by atoms with Crippen LogP contribution in [0.25, 0.3) is 0 Å². The van der Waals surface area contributed by atoms with Gasteiger partial charge < -0.3 is 11.1 Å². The Labute approximate surface area is 154 Å². The maximum atomic E-state index is 5.95. The first-order valence-electron chi connectivity index (χ1n) is 9.03. The second-order valence-corrected chi connectivity index (χ2v) is 7.58. The summed E-state index contributed by atoms with van der Waals surface area (Å²) in [7, 11) is 0. The van der Waals surface area contributed by atoms with Crippen molar-refractivity contribution < 1.29 is 0 Å². The quantitative estimate of drug-likeness (QED) is 0.427. The van der Waals surface area contributed by atoms with E-state index >= 15 is 0 Å². The third-order valence-corrected chi connectivity index (χ3v) is 5.26. The predicted octanol–water partition coefficient (Wildman–Crippen LogP) is 3.64. The number of nitrogens with zero attached hydrogens (tertiary/aromatic N) is 3. The fraction of sp³-hybridized carbons (Fsp3) is 0.474. The van der Waals surface area contributed by atoms with Gasteiger partial charge in [-0.25, -0.2) is 9.97 Å². The van der Waals surface area contributed by atoms with Crippen LogP contribution in [-0.4, -0.2) is 39.8 Å². The number of likely N-dealkylation sites (tertiary alicyclic amines) is 1. The van der Waals surface area contributed by atoms with Crippen LogP contribution in [0.3, 0.4) is 0 Å². The summed E-state index contributed by atoms with van der Waals surface area (Å²) in [6.07, 6.45) is 3.47. The number of rotatable bonds is 8. The van der Waals surface area contributed by atoms with E-state index in [1.807, 2.05) is 6.07 Å². The number of unbranched alkanes of at least 4 members (excludes halogenated alkanes) is 1. The Morgan fingerprint density at radius 2 is 2.12 bits per heavy atom. The maximum Gasteiger partial charge on any atom is 0.191 e. The summed E-state index contributed by atoms with van der Waals surface area (Å²) in [5.74, 6) is 2.42. The highest BCUT2D eigenvalue weighted by Gasteiger charge is 2.22. The summed E-state index contributed by atoms with van der Waals surface area (Å²) >= 11 is 1.68. The van der Waals surface area contributed by atoms with Gasteiger partial charge in [-0.3, -0.25) is 4.90 Å². The van der Waals surface area contributed by atoms with Crippen molar-refractivity contribution in [3.05, 3.63) is 42.0 Å². The second kappa shape index (κ2) is 9.06. The minimum absolute atomic E-state index is 0.409. The number of hydrogen-bond donors (Lipinski definition) is 2. The highest BCUT2D eigenvalue weighted by atomic mass is 32.2. The topological polar surface area (TPSA) is 67.1 Å². The molecule has 134 valence electrons. The Kier molecular flexibility index (Phi) is 6.53. The molecule has 1 aliphatic heterocycles. The molecule has 0 radical (unpaired) electrons. The molecule has 0 spiro atoms. The van der Waals surface area contributed by atoms with Crippen LogP contribution in [0, 0.1) is 0 Å². The molecule has 3 rings (SSSR count). The number of anilines is 2. The number of nitrogen functional groups attached to an aromatic ring is 1. The molecule has 25 heavy (non-hydrogen) atoms. The molecule has 2 aromatic rings. The Hall–Kier alpha value is -1.79. The molecule has 2 heterocycles. The molecule has 0 saturated carbocycles. The van der Waals surface area contributed by atoms with Crippen LogP contribution in [0.4, 0.5) is 11.6 Å². The molecular formula is C19H27N5S. The van der Waals surface area contributed by atoms with E-state index in [-0.39, 0.29) is 0 Å². The van der Waals surface area contributed by atoms with E-state index in [4.69, 9.17) is 5.73 Å². The number of thioether (sulfide) groups is 1. The zero-order valence-corrected chi connectivity index (χ0v) is 15.6. The van der Waals surface area contributed by atoms with Gasteiger partial charge in [0.25, 0.3) is 0 Å². The first-order chi connectivity index (χ1) is 12.2. The molecule has 6 heteroatoms. The lowest BCUT2D eigenvalue weighted by molar-refractivity contribution is 0.328. The first kappa shape index (κ1) is 18.0. The maximum absolute atomic E-state index is 5.95. The summed E-state index contributed by atoms with van der Waals surface area (Å²) in [5.41, 5.74) is 7.32. The monoisotopic (exact) mass is 357 g/mol. The fourth-order valence-electron chi connectivity index (χ4n) is 3.03. The Balaban J connectivity index is 1.54. The van der Waals surface area contributed by atoms with Crippen LogP contribution in [0.1, 0.15) is 31.7 Å².